The topological polar surface area (TPSA) is 29.5 Å². The highest BCUT2D eigenvalue weighted by atomic mass is 16.5. The van der Waals surface area contributed by atoms with Gasteiger partial charge in [-0.3, -0.25) is 4.79 Å². The molecule has 1 heterocycles. The summed E-state index contributed by atoms with van der Waals surface area (Å²) in [5, 5.41) is 0. The van der Waals surface area contributed by atoms with Crippen LogP contribution in [0.5, 0.6) is 0 Å². The van der Waals surface area contributed by atoms with Gasteiger partial charge in [-0.2, -0.15) is 0 Å². The summed E-state index contributed by atoms with van der Waals surface area (Å²) >= 11 is 0. The van der Waals surface area contributed by atoms with Gasteiger partial charge in [-0.05, 0) is 38.3 Å². The molecule has 0 N–H and O–H groups in total. The van der Waals surface area contributed by atoms with Crippen molar-refractivity contribution >= 4 is 5.91 Å². The minimum Gasteiger partial charge on any atom is -0.375 e. The van der Waals surface area contributed by atoms with E-state index in [4.69, 9.17) is 4.74 Å². The van der Waals surface area contributed by atoms with Gasteiger partial charge in [-0.25, -0.2) is 0 Å². The number of benzene rings is 1. The van der Waals surface area contributed by atoms with Gasteiger partial charge in [0.2, 0.25) is 5.91 Å². The molecule has 1 aliphatic rings. The molecule has 0 saturated carbocycles. The van der Waals surface area contributed by atoms with Crippen molar-refractivity contribution in [2.24, 2.45) is 0 Å². The van der Waals surface area contributed by atoms with Gasteiger partial charge in [-0.1, -0.05) is 23.8 Å². The number of carbonyl (C=O) groups excluding carboxylic acids is 1. The van der Waals surface area contributed by atoms with Crippen molar-refractivity contribution in [2.75, 3.05) is 19.7 Å². The highest BCUT2D eigenvalue weighted by Crippen LogP contribution is 2.14. The average Bonchev–Trinajstić information content (AvgIpc) is 2.37. The number of amides is 1. The molecule has 3 nitrogen and oxygen atoms in total. The minimum absolute atomic E-state index is 0.166. The monoisotopic (exact) mass is 261 g/mol. The van der Waals surface area contributed by atoms with Crippen LogP contribution in [0.3, 0.4) is 0 Å². The summed E-state index contributed by atoms with van der Waals surface area (Å²) in [6.07, 6.45) is 1.59. The number of hydrogen-bond donors (Lipinski definition) is 0. The lowest BCUT2D eigenvalue weighted by Crippen LogP contribution is -2.44. The number of morpholine rings is 1. The van der Waals surface area contributed by atoms with Crippen molar-refractivity contribution in [1.29, 1.82) is 0 Å². The van der Waals surface area contributed by atoms with Gasteiger partial charge < -0.3 is 9.64 Å². The first-order valence-electron chi connectivity index (χ1n) is 7.02. The SMILES string of the molecule is Cc1ccc(CCC(=O)N2CCOC(C)C2)c(C)c1. The van der Waals surface area contributed by atoms with E-state index in [2.05, 4.69) is 32.0 Å². The Morgan fingerprint density at radius 1 is 1.42 bits per heavy atom. The van der Waals surface area contributed by atoms with Crippen LogP contribution >= 0.6 is 0 Å². The zero-order valence-corrected chi connectivity index (χ0v) is 12.1. The summed E-state index contributed by atoms with van der Waals surface area (Å²) < 4.78 is 5.46. The van der Waals surface area contributed by atoms with E-state index in [0.717, 1.165) is 19.5 Å². The van der Waals surface area contributed by atoms with E-state index in [1.807, 2.05) is 11.8 Å². The maximum Gasteiger partial charge on any atom is 0.223 e. The molecule has 2 rings (SSSR count). The Balaban J connectivity index is 1.89. The standard InChI is InChI=1S/C16H23NO2/c1-12-4-5-15(13(2)10-12)6-7-16(18)17-8-9-19-14(3)11-17/h4-5,10,14H,6-9,11H2,1-3H3. The molecule has 19 heavy (non-hydrogen) atoms. The van der Waals surface area contributed by atoms with Crippen LogP contribution in [-0.2, 0) is 16.0 Å². The molecule has 1 saturated heterocycles. The van der Waals surface area contributed by atoms with Crippen LogP contribution in [0, 0.1) is 13.8 Å². The zero-order valence-electron chi connectivity index (χ0n) is 12.1. The van der Waals surface area contributed by atoms with E-state index >= 15 is 0 Å². The molecular weight excluding hydrogens is 238 g/mol. The molecule has 1 aliphatic heterocycles. The van der Waals surface area contributed by atoms with Gasteiger partial charge in [0.15, 0.2) is 0 Å². The van der Waals surface area contributed by atoms with E-state index in [-0.39, 0.29) is 12.0 Å². The Morgan fingerprint density at radius 2 is 2.21 bits per heavy atom. The van der Waals surface area contributed by atoms with E-state index in [0.29, 0.717) is 13.0 Å². The first kappa shape index (κ1) is 14.1. The minimum atomic E-state index is 0.166. The molecule has 0 spiro atoms. The quantitative estimate of drug-likeness (QED) is 0.836. The first-order valence-corrected chi connectivity index (χ1v) is 7.02. The summed E-state index contributed by atoms with van der Waals surface area (Å²) in [6, 6.07) is 6.43. The lowest BCUT2D eigenvalue weighted by atomic mass is 10.0. The van der Waals surface area contributed by atoms with Crippen LogP contribution in [-0.4, -0.2) is 36.6 Å². The molecule has 0 radical (unpaired) electrons. The third-order valence-corrected chi connectivity index (χ3v) is 3.70. The van der Waals surface area contributed by atoms with Crippen molar-refractivity contribution in [3.63, 3.8) is 0 Å². The lowest BCUT2D eigenvalue weighted by molar-refractivity contribution is -0.138. The summed E-state index contributed by atoms with van der Waals surface area (Å²) in [4.78, 5) is 14.1. The van der Waals surface area contributed by atoms with Gasteiger partial charge in [-0.15, -0.1) is 0 Å². The molecular formula is C16H23NO2. The average molecular weight is 261 g/mol. The molecule has 0 aliphatic carbocycles. The molecule has 1 atom stereocenters. The summed E-state index contributed by atoms with van der Waals surface area (Å²) in [5.41, 5.74) is 3.83. The summed E-state index contributed by atoms with van der Waals surface area (Å²) in [5.74, 6) is 0.245. The van der Waals surface area contributed by atoms with Gasteiger partial charge >= 0.3 is 0 Å². The van der Waals surface area contributed by atoms with Crippen molar-refractivity contribution < 1.29 is 9.53 Å². The Labute approximate surface area is 115 Å². The fraction of sp³-hybridized carbons (Fsp3) is 0.562. The Hall–Kier alpha value is -1.35. The predicted molar refractivity (Wildman–Crippen MR) is 76.2 cm³/mol. The molecule has 3 heteroatoms. The number of aryl methyl sites for hydroxylation is 3. The van der Waals surface area contributed by atoms with E-state index in [1.165, 1.54) is 16.7 Å². The molecule has 1 fully saturated rings. The molecule has 1 unspecified atom stereocenters. The van der Waals surface area contributed by atoms with Crippen LogP contribution in [0.15, 0.2) is 18.2 Å². The first-order chi connectivity index (χ1) is 9.06. The third kappa shape index (κ3) is 3.80. The second-order valence-corrected chi connectivity index (χ2v) is 5.45. The van der Waals surface area contributed by atoms with E-state index < -0.39 is 0 Å². The fourth-order valence-electron chi connectivity index (χ4n) is 2.57. The predicted octanol–water partition coefficient (Wildman–Crippen LogP) is 2.48. The molecule has 1 amide bonds. The van der Waals surface area contributed by atoms with Crippen LogP contribution in [0.25, 0.3) is 0 Å². The Kier molecular flexibility index (Phi) is 4.59. The molecule has 1 aromatic rings. The molecule has 1 aromatic carbocycles. The fourth-order valence-corrected chi connectivity index (χ4v) is 2.57. The normalized spacial score (nSPS) is 19.5. The summed E-state index contributed by atoms with van der Waals surface area (Å²) in [6.45, 7) is 8.35. The van der Waals surface area contributed by atoms with Gasteiger partial charge in [0.1, 0.15) is 0 Å². The zero-order chi connectivity index (χ0) is 13.8. The maximum atomic E-state index is 12.2. The number of rotatable bonds is 3. The van der Waals surface area contributed by atoms with Crippen molar-refractivity contribution in [3.05, 3.63) is 34.9 Å². The number of hydrogen-bond acceptors (Lipinski definition) is 2. The van der Waals surface area contributed by atoms with Crippen molar-refractivity contribution in [1.82, 2.24) is 4.90 Å². The van der Waals surface area contributed by atoms with Crippen LogP contribution in [0.1, 0.15) is 30.0 Å². The highest BCUT2D eigenvalue weighted by molar-refractivity contribution is 5.76. The molecule has 0 bridgehead atoms. The highest BCUT2D eigenvalue weighted by Gasteiger charge is 2.20. The van der Waals surface area contributed by atoms with E-state index in [1.54, 1.807) is 0 Å². The number of nitrogens with zero attached hydrogens (tertiary/aromatic N) is 1. The van der Waals surface area contributed by atoms with Gasteiger partial charge in [0.25, 0.3) is 0 Å². The third-order valence-electron chi connectivity index (χ3n) is 3.70. The smallest absolute Gasteiger partial charge is 0.223 e. The van der Waals surface area contributed by atoms with Gasteiger partial charge in [0.05, 0.1) is 12.7 Å². The van der Waals surface area contributed by atoms with Crippen LogP contribution < -0.4 is 0 Å². The molecule has 0 aromatic heterocycles. The lowest BCUT2D eigenvalue weighted by Gasteiger charge is -2.31. The van der Waals surface area contributed by atoms with Crippen molar-refractivity contribution in [2.45, 2.75) is 39.7 Å². The molecule has 104 valence electrons. The van der Waals surface area contributed by atoms with E-state index in [9.17, 15) is 4.79 Å². The summed E-state index contributed by atoms with van der Waals surface area (Å²) in [7, 11) is 0. The van der Waals surface area contributed by atoms with Gasteiger partial charge in [0, 0.05) is 19.5 Å². The second-order valence-electron chi connectivity index (χ2n) is 5.45. The largest absolute Gasteiger partial charge is 0.375 e. The number of ether oxygens (including phenoxy) is 1. The number of carbonyl (C=O) groups is 1. The second kappa shape index (κ2) is 6.20. The Morgan fingerprint density at radius 3 is 2.89 bits per heavy atom. The van der Waals surface area contributed by atoms with Crippen LogP contribution in [0.4, 0.5) is 0 Å². The Bertz CT molecular complexity index is 456. The maximum absolute atomic E-state index is 12.2. The van der Waals surface area contributed by atoms with Crippen LogP contribution in [0.2, 0.25) is 0 Å². The van der Waals surface area contributed by atoms with Crippen molar-refractivity contribution in [3.8, 4) is 0 Å².